The molecule has 0 saturated heterocycles. The number of hydrogen-bond donors (Lipinski definition) is 1. The van der Waals surface area contributed by atoms with E-state index < -0.39 is 0 Å². The second-order valence-electron chi connectivity index (χ2n) is 5.72. The van der Waals surface area contributed by atoms with Crippen LogP contribution < -0.4 is 10.1 Å². The van der Waals surface area contributed by atoms with Crippen LogP contribution in [0.15, 0.2) is 18.2 Å². The zero-order chi connectivity index (χ0) is 15.8. The van der Waals surface area contributed by atoms with Crippen molar-refractivity contribution in [1.29, 1.82) is 0 Å². The fourth-order valence-corrected chi connectivity index (χ4v) is 1.85. The highest BCUT2D eigenvalue weighted by atomic mass is 16.5. The summed E-state index contributed by atoms with van der Waals surface area (Å²) in [5, 5.41) is 2.96. The Morgan fingerprint density at radius 2 is 2.00 bits per heavy atom. The molecule has 1 amide bonds. The summed E-state index contributed by atoms with van der Waals surface area (Å²) >= 11 is 0. The van der Waals surface area contributed by atoms with E-state index in [9.17, 15) is 4.79 Å². The monoisotopic (exact) mass is 293 g/mol. The van der Waals surface area contributed by atoms with Crippen LogP contribution in [0.1, 0.15) is 50.0 Å². The molecule has 0 aromatic heterocycles. The van der Waals surface area contributed by atoms with Crippen LogP contribution in [0.25, 0.3) is 0 Å². The number of rotatable bonds is 8. The number of carbonyl (C=O) groups is 1. The van der Waals surface area contributed by atoms with Crippen LogP contribution in [0.2, 0.25) is 0 Å². The third kappa shape index (κ3) is 5.76. The van der Waals surface area contributed by atoms with Gasteiger partial charge in [0.05, 0.1) is 13.7 Å². The van der Waals surface area contributed by atoms with Crippen LogP contribution in [-0.2, 0) is 11.3 Å². The van der Waals surface area contributed by atoms with Crippen molar-refractivity contribution < 1.29 is 14.3 Å². The normalized spacial score (nSPS) is 12.3. The Balaban J connectivity index is 2.81. The van der Waals surface area contributed by atoms with Gasteiger partial charge in [0.15, 0.2) is 0 Å². The average molecular weight is 293 g/mol. The third-order valence-electron chi connectivity index (χ3n) is 3.24. The lowest BCUT2D eigenvalue weighted by Crippen LogP contribution is -2.31. The van der Waals surface area contributed by atoms with Gasteiger partial charge in [-0.25, -0.2) is 0 Å². The highest BCUT2D eigenvalue weighted by Gasteiger charge is 2.12. The van der Waals surface area contributed by atoms with Crippen LogP contribution in [0, 0.1) is 5.92 Å². The number of amides is 1. The van der Waals surface area contributed by atoms with Gasteiger partial charge in [-0.1, -0.05) is 20.8 Å². The molecule has 4 heteroatoms. The van der Waals surface area contributed by atoms with Gasteiger partial charge >= 0.3 is 0 Å². The van der Waals surface area contributed by atoms with E-state index in [0.717, 1.165) is 17.7 Å². The number of benzene rings is 1. The molecule has 1 N–H and O–H groups in total. The predicted octanol–water partition coefficient (Wildman–Crippen LogP) is 3.40. The van der Waals surface area contributed by atoms with E-state index in [1.165, 1.54) is 0 Å². The van der Waals surface area contributed by atoms with Gasteiger partial charge in [-0.05, 0) is 37.5 Å². The van der Waals surface area contributed by atoms with Crippen molar-refractivity contribution in [1.82, 2.24) is 5.32 Å². The lowest BCUT2D eigenvalue weighted by Gasteiger charge is -2.14. The van der Waals surface area contributed by atoms with E-state index >= 15 is 0 Å². The molecule has 118 valence electrons. The lowest BCUT2D eigenvalue weighted by atomic mass is 10.1. The maximum Gasteiger partial charge on any atom is 0.251 e. The van der Waals surface area contributed by atoms with E-state index in [1.807, 2.05) is 26.0 Å². The summed E-state index contributed by atoms with van der Waals surface area (Å²) in [7, 11) is 1.63. The van der Waals surface area contributed by atoms with Crippen molar-refractivity contribution in [2.24, 2.45) is 5.92 Å². The Hall–Kier alpha value is -1.55. The van der Waals surface area contributed by atoms with Crippen molar-refractivity contribution in [3.8, 4) is 5.75 Å². The molecule has 1 aromatic rings. The van der Waals surface area contributed by atoms with Crippen LogP contribution in [0.5, 0.6) is 5.75 Å². The highest BCUT2D eigenvalue weighted by Crippen LogP contribution is 2.21. The quantitative estimate of drug-likeness (QED) is 0.799. The first-order valence-corrected chi connectivity index (χ1v) is 7.53. The van der Waals surface area contributed by atoms with E-state index in [2.05, 4.69) is 19.2 Å². The molecule has 0 aliphatic heterocycles. The lowest BCUT2D eigenvalue weighted by molar-refractivity contribution is 0.0929. The number of nitrogens with one attached hydrogen (secondary N) is 1. The van der Waals surface area contributed by atoms with Crippen molar-refractivity contribution in [2.45, 2.75) is 46.8 Å². The second-order valence-corrected chi connectivity index (χ2v) is 5.72. The fraction of sp³-hybridized carbons (Fsp3) is 0.588. The van der Waals surface area contributed by atoms with Crippen molar-refractivity contribution in [3.63, 3.8) is 0 Å². The number of ether oxygens (including phenoxy) is 2. The number of hydrogen-bond acceptors (Lipinski definition) is 3. The highest BCUT2D eigenvalue weighted by molar-refractivity contribution is 5.94. The Morgan fingerprint density at radius 1 is 1.29 bits per heavy atom. The minimum atomic E-state index is -0.0582. The van der Waals surface area contributed by atoms with Gasteiger partial charge in [-0.2, -0.15) is 0 Å². The Labute approximate surface area is 127 Å². The molecule has 0 saturated carbocycles. The Bertz CT molecular complexity index is 457. The summed E-state index contributed by atoms with van der Waals surface area (Å²) < 4.78 is 11.0. The second kappa shape index (κ2) is 8.67. The van der Waals surface area contributed by atoms with Gasteiger partial charge in [0.25, 0.3) is 5.91 Å². The first-order valence-electron chi connectivity index (χ1n) is 7.53. The van der Waals surface area contributed by atoms with Gasteiger partial charge < -0.3 is 14.8 Å². The van der Waals surface area contributed by atoms with E-state index in [4.69, 9.17) is 9.47 Å². The molecule has 0 radical (unpaired) electrons. The molecular weight excluding hydrogens is 266 g/mol. The van der Waals surface area contributed by atoms with Crippen LogP contribution >= 0.6 is 0 Å². The Kier molecular flexibility index (Phi) is 7.23. The molecule has 0 aliphatic carbocycles. The maximum absolute atomic E-state index is 12.2. The van der Waals surface area contributed by atoms with Gasteiger partial charge in [0, 0.05) is 23.8 Å². The van der Waals surface area contributed by atoms with Gasteiger partial charge in [-0.15, -0.1) is 0 Å². The number of carbonyl (C=O) groups excluding carboxylic acids is 1. The van der Waals surface area contributed by atoms with E-state index in [-0.39, 0.29) is 11.9 Å². The molecule has 0 unspecified atom stereocenters. The summed E-state index contributed by atoms with van der Waals surface area (Å²) in [6, 6.07) is 5.61. The molecule has 21 heavy (non-hydrogen) atoms. The van der Waals surface area contributed by atoms with Crippen molar-refractivity contribution in [2.75, 3.05) is 13.7 Å². The first-order chi connectivity index (χ1) is 9.97. The molecule has 0 aliphatic rings. The smallest absolute Gasteiger partial charge is 0.251 e. The summed E-state index contributed by atoms with van der Waals surface area (Å²) in [5.41, 5.74) is 1.54. The van der Waals surface area contributed by atoms with Crippen molar-refractivity contribution in [3.05, 3.63) is 29.3 Å². The molecule has 1 aromatic carbocycles. The van der Waals surface area contributed by atoms with E-state index in [1.54, 1.807) is 13.2 Å². The predicted molar refractivity (Wildman–Crippen MR) is 84.7 cm³/mol. The van der Waals surface area contributed by atoms with Crippen LogP contribution in [0.4, 0.5) is 0 Å². The minimum absolute atomic E-state index is 0.0582. The van der Waals surface area contributed by atoms with E-state index in [0.29, 0.717) is 24.7 Å². The standard InChI is InChI=1S/C17H27NO3/c1-6-13(4)18-17(19)14-7-8-16(20-5)15(9-14)11-21-10-12(2)3/h7-9,12-13H,6,10-11H2,1-5H3,(H,18,19)/t13-/m1/s1. The molecular formula is C17H27NO3. The summed E-state index contributed by atoms with van der Waals surface area (Å²) in [6.07, 6.45) is 0.909. The molecule has 1 atom stereocenters. The average Bonchev–Trinajstić information content (AvgIpc) is 2.46. The van der Waals surface area contributed by atoms with Crippen molar-refractivity contribution >= 4 is 5.91 Å². The SMILES string of the molecule is CC[C@@H](C)NC(=O)c1ccc(OC)c(COCC(C)C)c1. The van der Waals surface area contributed by atoms with Crippen LogP contribution in [-0.4, -0.2) is 25.7 Å². The molecule has 1 rings (SSSR count). The largest absolute Gasteiger partial charge is 0.496 e. The minimum Gasteiger partial charge on any atom is -0.496 e. The molecule has 0 heterocycles. The third-order valence-corrected chi connectivity index (χ3v) is 3.24. The Morgan fingerprint density at radius 3 is 2.57 bits per heavy atom. The molecule has 4 nitrogen and oxygen atoms in total. The topological polar surface area (TPSA) is 47.6 Å². The van der Waals surface area contributed by atoms with Gasteiger partial charge in [0.2, 0.25) is 0 Å². The zero-order valence-electron chi connectivity index (χ0n) is 13.7. The van der Waals surface area contributed by atoms with Gasteiger partial charge in [0.1, 0.15) is 5.75 Å². The zero-order valence-corrected chi connectivity index (χ0v) is 13.7. The van der Waals surface area contributed by atoms with Gasteiger partial charge in [-0.3, -0.25) is 4.79 Å². The molecule has 0 spiro atoms. The summed E-state index contributed by atoms with van der Waals surface area (Å²) in [5.74, 6) is 1.17. The summed E-state index contributed by atoms with van der Waals surface area (Å²) in [4.78, 5) is 12.2. The number of methoxy groups -OCH3 is 1. The maximum atomic E-state index is 12.2. The first kappa shape index (κ1) is 17.5. The molecule has 0 bridgehead atoms. The summed E-state index contributed by atoms with van der Waals surface area (Å²) in [6.45, 7) is 9.39. The van der Waals surface area contributed by atoms with Crippen LogP contribution in [0.3, 0.4) is 0 Å². The molecule has 0 fully saturated rings. The fourth-order valence-electron chi connectivity index (χ4n) is 1.85.